The lowest BCUT2D eigenvalue weighted by Gasteiger charge is -2.05. The van der Waals surface area contributed by atoms with Crippen molar-refractivity contribution in [3.63, 3.8) is 0 Å². The molecular weight excluding hydrogens is 233 g/mol. The molecule has 92 valence electrons. The van der Waals surface area contributed by atoms with E-state index in [2.05, 4.69) is 5.32 Å². The normalized spacial score (nSPS) is 10.1. The van der Waals surface area contributed by atoms with Gasteiger partial charge in [0, 0.05) is 12.1 Å². The molecular formula is C14H12FNO2. The molecule has 2 aromatic rings. The van der Waals surface area contributed by atoms with E-state index in [0.29, 0.717) is 12.1 Å². The number of aromatic hydroxyl groups is 1. The fraction of sp³-hybridized carbons (Fsp3) is 0.0714. The summed E-state index contributed by atoms with van der Waals surface area (Å²) < 4.78 is 12.7. The monoisotopic (exact) mass is 245 g/mol. The zero-order valence-corrected chi connectivity index (χ0v) is 9.56. The predicted octanol–water partition coefficient (Wildman–Crippen LogP) is 2.46. The van der Waals surface area contributed by atoms with Gasteiger partial charge in [0.05, 0.1) is 0 Å². The van der Waals surface area contributed by atoms with Crippen molar-refractivity contribution in [1.82, 2.24) is 5.32 Å². The van der Waals surface area contributed by atoms with E-state index in [0.717, 1.165) is 5.56 Å². The van der Waals surface area contributed by atoms with E-state index in [1.165, 1.54) is 24.3 Å². The van der Waals surface area contributed by atoms with Crippen LogP contribution in [0.15, 0.2) is 48.5 Å². The van der Waals surface area contributed by atoms with Crippen molar-refractivity contribution in [2.24, 2.45) is 0 Å². The van der Waals surface area contributed by atoms with E-state index in [1.54, 1.807) is 24.3 Å². The molecule has 0 spiro atoms. The van der Waals surface area contributed by atoms with Crippen LogP contribution in [0.4, 0.5) is 4.39 Å². The van der Waals surface area contributed by atoms with E-state index in [-0.39, 0.29) is 17.5 Å². The van der Waals surface area contributed by atoms with E-state index in [4.69, 9.17) is 5.11 Å². The maximum absolute atomic E-state index is 12.7. The Morgan fingerprint density at radius 2 is 1.67 bits per heavy atom. The van der Waals surface area contributed by atoms with E-state index < -0.39 is 0 Å². The van der Waals surface area contributed by atoms with Gasteiger partial charge in [-0.15, -0.1) is 0 Å². The van der Waals surface area contributed by atoms with Crippen LogP contribution in [-0.2, 0) is 6.54 Å². The highest BCUT2D eigenvalue weighted by Gasteiger charge is 2.04. The Morgan fingerprint density at radius 1 is 1.06 bits per heavy atom. The van der Waals surface area contributed by atoms with Crippen molar-refractivity contribution in [3.8, 4) is 5.75 Å². The van der Waals surface area contributed by atoms with E-state index >= 15 is 0 Å². The summed E-state index contributed by atoms with van der Waals surface area (Å²) in [5.74, 6) is -0.447. The second-order valence-corrected chi connectivity index (χ2v) is 3.86. The molecule has 0 saturated heterocycles. The molecule has 0 aliphatic rings. The van der Waals surface area contributed by atoms with Crippen LogP contribution in [0.1, 0.15) is 15.9 Å². The summed E-state index contributed by atoms with van der Waals surface area (Å²) in [5, 5.41) is 11.8. The average Bonchev–Trinajstić information content (AvgIpc) is 2.38. The highest BCUT2D eigenvalue weighted by Crippen LogP contribution is 2.09. The van der Waals surface area contributed by atoms with Gasteiger partial charge >= 0.3 is 0 Å². The Bertz CT molecular complexity index is 535. The van der Waals surface area contributed by atoms with Crippen molar-refractivity contribution in [2.45, 2.75) is 6.54 Å². The third-order valence-corrected chi connectivity index (χ3v) is 2.50. The minimum Gasteiger partial charge on any atom is -0.508 e. The van der Waals surface area contributed by atoms with Crippen LogP contribution in [0.5, 0.6) is 5.75 Å². The smallest absolute Gasteiger partial charge is 0.251 e. The molecule has 0 radical (unpaired) electrons. The fourth-order valence-corrected chi connectivity index (χ4v) is 1.50. The highest BCUT2D eigenvalue weighted by atomic mass is 19.1. The second-order valence-electron chi connectivity index (χ2n) is 3.86. The number of halogens is 1. The van der Waals surface area contributed by atoms with Gasteiger partial charge in [-0.05, 0) is 42.0 Å². The van der Waals surface area contributed by atoms with Crippen molar-refractivity contribution < 1.29 is 14.3 Å². The third-order valence-electron chi connectivity index (χ3n) is 2.50. The zero-order chi connectivity index (χ0) is 13.0. The van der Waals surface area contributed by atoms with Crippen molar-refractivity contribution in [1.29, 1.82) is 0 Å². The van der Waals surface area contributed by atoms with E-state index in [1.807, 2.05) is 0 Å². The first kappa shape index (κ1) is 12.1. The van der Waals surface area contributed by atoms with Crippen molar-refractivity contribution >= 4 is 5.91 Å². The van der Waals surface area contributed by atoms with Crippen LogP contribution >= 0.6 is 0 Å². The van der Waals surface area contributed by atoms with Gasteiger partial charge in [-0.2, -0.15) is 0 Å². The molecule has 0 saturated carbocycles. The van der Waals surface area contributed by atoms with Gasteiger partial charge in [0.25, 0.3) is 5.91 Å². The minimum absolute atomic E-state index is 0.184. The molecule has 0 aliphatic carbocycles. The Labute approximate surface area is 104 Å². The van der Waals surface area contributed by atoms with Crippen LogP contribution in [-0.4, -0.2) is 11.0 Å². The van der Waals surface area contributed by atoms with Crippen LogP contribution in [0.2, 0.25) is 0 Å². The third kappa shape index (κ3) is 3.07. The van der Waals surface area contributed by atoms with Crippen molar-refractivity contribution in [3.05, 3.63) is 65.5 Å². The van der Waals surface area contributed by atoms with Crippen LogP contribution in [0.25, 0.3) is 0 Å². The number of hydrogen-bond acceptors (Lipinski definition) is 2. The molecule has 2 N–H and O–H groups in total. The molecule has 4 heteroatoms. The van der Waals surface area contributed by atoms with Gasteiger partial charge < -0.3 is 10.4 Å². The molecule has 0 aliphatic heterocycles. The summed E-state index contributed by atoms with van der Waals surface area (Å²) in [4.78, 5) is 11.7. The molecule has 0 bridgehead atoms. The molecule has 0 heterocycles. The molecule has 18 heavy (non-hydrogen) atoms. The number of hydrogen-bond donors (Lipinski definition) is 2. The number of rotatable bonds is 3. The molecule has 0 fully saturated rings. The first-order chi connectivity index (χ1) is 8.65. The quantitative estimate of drug-likeness (QED) is 0.872. The molecule has 2 aromatic carbocycles. The lowest BCUT2D eigenvalue weighted by molar-refractivity contribution is 0.0951. The molecule has 0 atom stereocenters. The molecule has 0 aromatic heterocycles. The number of carbonyl (C=O) groups is 1. The summed E-state index contributed by atoms with van der Waals surface area (Å²) >= 11 is 0. The average molecular weight is 245 g/mol. The summed E-state index contributed by atoms with van der Waals surface area (Å²) in [6, 6.07) is 11.9. The van der Waals surface area contributed by atoms with Gasteiger partial charge in [-0.3, -0.25) is 4.79 Å². The Kier molecular flexibility index (Phi) is 3.57. The zero-order valence-electron chi connectivity index (χ0n) is 9.56. The Hall–Kier alpha value is -2.36. The summed E-state index contributed by atoms with van der Waals surface area (Å²) in [6.45, 7) is 0.358. The van der Waals surface area contributed by atoms with Crippen LogP contribution in [0, 0.1) is 5.82 Å². The number of amides is 1. The Balaban J connectivity index is 1.96. The molecule has 3 nitrogen and oxygen atoms in total. The van der Waals surface area contributed by atoms with Gasteiger partial charge in [-0.1, -0.05) is 12.1 Å². The maximum atomic E-state index is 12.7. The number of nitrogens with one attached hydrogen (secondary N) is 1. The van der Waals surface area contributed by atoms with Gasteiger partial charge in [-0.25, -0.2) is 4.39 Å². The number of phenols is 1. The standard InChI is InChI=1S/C14H12FNO2/c15-12-5-3-11(4-6-12)14(18)16-9-10-1-7-13(17)8-2-10/h1-8,17H,9H2,(H,16,18). The predicted molar refractivity (Wildman–Crippen MR) is 65.7 cm³/mol. The van der Waals surface area contributed by atoms with E-state index in [9.17, 15) is 9.18 Å². The molecule has 0 unspecified atom stereocenters. The minimum atomic E-state index is -0.370. The summed E-state index contributed by atoms with van der Waals surface area (Å²) in [5.41, 5.74) is 1.29. The van der Waals surface area contributed by atoms with Crippen LogP contribution < -0.4 is 5.32 Å². The second kappa shape index (κ2) is 5.31. The first-order valence-corrected chi connectivity index (χ1v) is 5.47. The number of phenolic OH excluding ortho intramolecular Hbond substituents is 1. The number of carbonyl (C=O) groups excluding carboxylic acids is 1. The molecule has 2 rings (SSSR count). The van der Waals surface area contributed by atoms with Gasteiger partial charge in [0.15, 0.2) is 0 Å². The first-order valence-electron chi connectivity index (χ1n) is 5.47. The summed E-state index contributed by atoms with van der Waals surface area (Å²) in [7, 11) is 0. The fourth-order valence-electron chi connectivity index (χ4n) is 1.50. The Morgan fingerprint density at radius 3 is 2.28 bits per heavy atom. The lowest BCUT2D eigenvalue weighted by Crippen LogP contribution is -2.22. The maximum Gasteiger partial charge on any atom is 0.251 e. The highest BCUT2D eigenvalue weighted by molar-refractivity contribution is 5.94. The molecule has 1 amide bonds. The van der Waals surface area contributed by atoms with Crippen LogP contribution in [0.3, 0.4) is 0 Å². The lowest BCUT2D eigenvalue weighted by atomic mass is 10.2. The SMILES string of the molecule is O=C(NCc1ccc(O)cc1)c1ccc(F)cc1. The summed E-state index contributed by atoms with van der Waals surface area (Å²) in [6.07, 6.45) is 0. The number of benzene rings is 2. The van der Waals surface area contributed by atoms with Crippen molar-refractivity contribution in [2.75, 3.05) is 0 Å². The van der Waals surface area contributed by atoms with Gasteiger partial charge in [0.2, 0.25) is 0 Å². The van der Waals surface area contributed by atoms with Gasteiger partial charge in [0.1, 0.15) is 11.6 Å². The topological polar surface area (TPSA) is 49.3 Å². The largest absolute Gasteiger partial charge is 0.508 e.